The predicted octanol–water partition coefficient (Wildman–Crippen LogP) is 4.20. The highest BCUT2D eigenvalue weighted by atomic mass is 32.1. The summed E-state index contributed by atoms with van der Waals surface area (Å²) in [6.07, 6.45) is 0. The van der Waals surface area contributed by atoms with Crippen molar-refractivity contribution in [1.82, 2.24) is 9.55 Å². The van der Waals surface area contributed by atoms with Crippen LogP contribution < -0.4 is 5.56 Å². The van der Waals surface area contributed by atoms with E-state index in [0.29, 0.717) is 10.2 Å². The average Bonchev–Trinajstić information content (AvgIpc) is 2.55. The van der Waals surface area contributed by atoms with E-state index in [2.05, 4.69) is 4.98 Å². The van der Waals surface area contributed by atoms with Crippen LogP contribution >= 0.6 is 12.2 Å². The molecule has 1 heterocycles. The maximum absolute atomic E-state index is 12.8. The second kappa shape index (κ2) is 4.93. The summed E-state index contributed by atoms with van der Waals surface area (Å²) in [5.41, 5.74) is 1.43. The van der Waals surface area contributed by atoms with Crippen molar-refractivity contribution < 1.29 is 0 Å². The molecule has 4 heteroatoms. The zero-order valence-corrected chi connectivity index (χ0v) is 12.4. The minimum absolute atomic E-state index is 0.102. The van der Waals surface area contributed by atoms with Crippen LogP contribution in [-0.2, 0) is 0 Å². The molecule has 0 radical (unpaired) electrons. The Hall–Kier alpha value is -2.72. The van der Waals surface area contributed by atoms with Crippen LogP contribution in [0.15, 0.2) is 71.5 Å². The zero-order chi connectivity index (χ0) is 15.1. The Morgan fingerprint density at radius 3 is 2.45 bits per heavy atom. The molecule has 0 aliphatic rings. The van der Waals surface area contributed by atoms with Gasteiger partial charge in [0.2, 0.25) is 0 Å². The fourth-order valence-corrected chi connectivity index (χ4v) is 3.01. The minimum atomic E-state index is -0.102. The first-order chi connectivity index (χ1) is 10.7. The second-order valence-electron chi connectivity index (χ2n) is 5.15. The molecule has 4 aromatic rings. The Balaban J connectivity index is 2.07. The molecule has 1 aromatic heterocycles. The predicted molar refractivity (Wildman–Crippen MR) is 92.2 cm³/mol. The lowest BCUT2D eigenvalue weighted by Crippen LogP contribution is -2.20. The van der Waals surface area contributed by atoms with E-state index in [4.69, 9.17) is 12.2 Å². The van der Waals surface area contributed by atoms with E-state index in [1.807, 2.05) is 60.7 Å². The Bertz CT molecular complexity index is 1120. The molecule has 0 saturated heterocycles. The van der Waals surface area contributed by atoms with Crippen LogP contribution in [0.1, 0.15) is 0 Å². The Labute approximate surface area is 131 Å². The van der Waals surface area contributed by atoms with Gasteiger partial charge in [0.05, 0.1) is 16.6 Å². The molecule has 3 aromatic carbocycles. The van der Waals surface area contributed by atoms with Crippen LogP contribution in [0, 0.1) is 4.77 Å². The summed E-state index contributed by atoms with van der Waals surface area (Å²) in [7, 11) is 0. The van der Waals surface area contributed by atoms with E-state index in [1.54, 1.807) is 10.6 Å². The third kappa shape index (κ3) is 1.96. The van der Waals surface area contributed by atoms with Gasteiger partial charge in [-0.05, 0) is 47.3 Å². The molecule has 106 valence electrons. The van der Waals surface area contributed by atoms with E-state index in [-0.39, 0.29) is 5.56 Å². The van der Waals surface area contributed by atoms with Crippen LogP contribution in [0.2, 0.25) is 0 Å². The van der Waals surface area contributed by atoms with Gasteiger partial charge >= 0.3 is 0 Å². The molecule has 0 unspecified atom stereocenters. The molecule has 0 spiro atoms. The van der Waals surface area contributed by atoms with E-state index < -0.39 is 0 Å². The fourth-order valence-electron chi connectivity index (χ4n) is 2.71. The van der Waals surface area contributed by atoms with Crippen molar-refractivity contribution in [3.8, 4) is 5.69 Å². The molecule has 0 saturated carbocycles. The summed E-state index contributed by atoms with van der Waals surface area (Å²) < 4.78 is 1.95. The Kier molecular flexibility index (Phi) is 2.91. The van der Waals surface area contributed by atoms with Gasteiger partial charge in [-0.25, -0.2) is 0 Å². The van der Waals surface area contributed by atoms with Crippen molar-refractivity contribution in [2.24, 2.45) is 0 Å². The Morgan fingerprint density at radius 2 is 1.59 bits per heavy atom. The molecule has 0 aliphatic carbocycles. The van der Waals surface area contributed by atoms with E-state index in [9.17, 15) is 4.79 Å². The molecule has 1 N–H and O–H groups in total. The maximum atomic E-state index is 12.8. The topological polar surface area (TPSA) is 37.8 Å². The lowest BCUT2D eigenvalue weighted by atomic mass is 10.1. The number of hydrogen-bond acceptors (Lipinski definition) is 2. The van der Waals surface area contributed by atoms with Crippen LogP contribution in [0.5, 0.6) is 0 Å². The smallest absolute Gasteiger partial charge is 0.266 e. The molecule has 0 amide bonds. The van der Waals surface area contributed by atoms with Gasteiger partial charge in [-0.3, -0.25) is 9.36 Å². The first-order valence-corrected chi connectivity index (χ1v) is 7.38. The van der Waals surface area contributed by atoms with E-state index in [1.165, 1.54) is 0 Å². The van der Waals surface area contributed by atoms with E-state index >= 15 is 0 Å². The molecule has 0 bridgehead atoms. The summed E-state index contributed by atoms with van der Waals surface area (Å²) in [5.74, 6) is 0. The van der Waals surface area contributed by atoms with Gasteiger partial charge in [0.25, 0.3) is 5.56 Å². The number of hydrogen-bond donors (Lipinski definition) is 1. The molecule has 3 nitrogen and oxygen atoms in total. The summed E-state index contributed by atoms with van der Waals surface area (Å²) in [4.78, 5) is 15.9. The van der Waals surface area contributed by atoms with Gasteiger partial charge < -0.3 is 4.98 Å². The number of para-hydroxylation sites is 1. The molecule has 0 aliphatic heterocycles. The number of H-pyrrole nitrogens is 1. The quantitative estimate of drug-likeness (QED) is 0.535. The molecule has 0 atom stereocenters. The molecular formula is C18H12N2OS. The van der Waals surface area contributed by atoms with Gasteiger partial charge in [0.1, 0.15) is 0 Å². The van der Waals surface area contributed by atoms with Crippen molar-refractivity contribution >= 4 is 33.9 Å². The number of rotatable bonds is 1. The second-order valence-corrected chi connectivity index (χ2v) is 5.53. The third-order valence-corrected chi connectivity index (χ3v) is 4.08. The van der Waals surface area contributed by atoms with Crippen molar-refractivity contribution in [3.05, 3.63) is 81.9 Å². The monoisotopic (exact) mass is 304 g/mol. The van der Waals surface area contributed by atoms with Crippen LogP contribution in [0.3, 0.4) is 0 Å². The number of benzene rings is 3. The lowest BCUT2D eigenvalue weighted by Gasteiger charge is -2.09. The number of aromatic nitrogens is 2. The number of aromatic amines is 1. The highest BCUT2D eigenvalue weighted by molar-refractivity contribution is 7.71. The normalized spacial score (nSPS) is 11.1. The standard InChI is InChI=1S/C18H12N2OS/c21-17-15-7-3-4-8-16(15)19-18(22)20(17)14-10-9-12-5-1-2-6-13(12)11-14/h1-11H,(H,19,22). The van der Waals surface area contributed by atoms with Gasteiger partial charge in [-0.1, -0.05) is 42.5 Å². The van der Waals surface area contributed by atoms with Gasteiger partial charge in [-0.2, -0.15) is 0 Å². The summed E-state index contributed by atoms with van der Waals surface area (Å²) >= 11 is 5.38. The average molecular weight is 304 g/mol. The van der Waals surface area contributed by atoms with Gasteiger partial charge in [0, 0.05) is 0 Å². The van der Waals surface area contributed by atoms with Crippen LogP contribution in [0.25, 0.3) is 27.4 Å². The van der Waals surface area contributed by atoms with Crippen molar-refractivity contribution in [3.63, 3.8) is 0 Å². The molecule has 22 heavy (non-hydrogen) atoms. The van der Waals surface area contributed by atoms with Gasteiger partial charge in [0.15, 0.2) is 4.77 Å². The fraction of sp³-hybridized carbons (Fsp3) is 0. The minimum Gasteiger partial charge on any atom is -0.331 e. The van der Waals surface area contributed by atoms with Gasteiger partial charge in [-0.15, -0.1) is 0 Å². The zero-order valence-electron chi connectivity index (χ0n) is 11.6. The maximum Gasteiger partial charge on any atom is 0.266 e. The summed E-state index contributed by atoms with van der Waals surface area (Å²) in [6.45, 7) is 0. The number of fused-ring (bicyclic) bond motifs is 2. The van der Waals surface area contributed by atoms with E-state index in [0.717, 1.165) is 22.0 Å². The SMILES string of the molecule is O=c1c2ccccc2[nH]c(=S)n1-c1ccc2ccccc2c1. The first kappa shape index (κ1) is 13.0. The number of nitrogens with zero attached hydrogens (tertiary/aromatic N) is 1. The largest absolute Gasteiger partial charge is 0.331 e. The summed E-state index contributed by atoms with van der Waals surface area (Å²) in [5, 5.41) is 2.84. The molecule has 4 rings (SSSR count). The lowest BCUT2D eigenvalue weighted by molar-refractivity contribution is 0.942. The molecule has 0 fully saturated rings. The van der Waals surface area contributed by atoms with Crippen molar-refractivity contribution in [2.45, 2.75) is 0 Å². The first-order valence-electron chi connectivity index (χ1n) is 6.97. The van der Waals surface area contributed by atoms with Crippen molar-refractivity contribution in [1.29, 1.82) is 0 Å². The molecular weight excluding hydrogens is 292 g/mol. The van der Waals surface area contributed by atoms with Crippen LogP contribution in [-0.4, -0.2) is 9.55 Å². The van der Waals surface area contributed by atoms with Crippen LogP contribution in [0.4, 0.5) is 0 Å². The highest BCUT2D eigenvalue weighted by Gasteiger charge is 2.07. The highest BCUT2D eigenvalue weighted by Crippen LogP contribution is 2.18. The van der Waals surface area contributed by atoms with Crippen molar-refractivity contribution in [2.75, 3.05) is 0 Å². The third-order valence-electron chi connectivity index (χ3n) is 3.80. The summed E-state index contributed by atoms with van der Waals surface area (Å²) in [6, 6.07) is 21.3. The number of nitrogens with one attached hydrogen (secondary N) is 1. The Morgan fingerprint density at radius 1 is 0.864 bits per heavy atom.